The Morgan fingerprint density at radius 1 is 1.19 bits per heavy atom. The highest BCUT2D eigenvalue weighted by Crippen LogP contribution is 2.21. The van der Waals surface area contributed by atoms with Crippen LogP contribution in [-0.4, -0.2) is 20.0 Å². The van der Waals surface area contributed by atoms with E-state index in [9.17, 15) is 9.18 Å². The summed E-state index contributed by atoms with van der Waals surface area (Å²) in [6.45, 7) is 0.678. The molecule has 0 radical (unpaired) electrons. The van der Waals surface area contributed by atoms with Gasteiger partial charge in [0.25, 0.3) is 5.91 Å². The summed E-state index contributed by atoms with van der Waals surface area (Å²) in [5.74, 6) is -0.554. The minimum atomic E-state index is -0.321. The number of rotatable bonds is 4. The fourth-order valence-electron chi connectivity index (χ4n) is 3.05. The number of hydrogen-bond donors (Lipinski definition) is 1. The van der Waals surface area contributed by atoms with E-state index in [4.69, 9.17) is 0 Å². The SMILES string of the molecule is Cn1c(C(=O)Nc2cccc(Cn3ccnc3)c2)cc2ccc(F)cc21. The maximum atomic E-state index is 13.5. The molecule has 0 saturated carbocycles. The Morgan fingerprint density at radius 2 is 2.08 bits per heavy atom. The van der Waals surface area contributed by atoms with Crippen molar-refractivity contribution in [3.05, 3.63) is 84.3 Å². The summed E-state index contributed by atoms with van der Waals surface area (Å²) in [6.07, 6.45) is 5.37. The summed E-state index contributed by atoms with van der Waals surface area (Å²) in [5.41, 5.74) is 2.93. The van der Waals surface area contributed by atoms with Crippen LogP contribution in [-0.2, 0) is 13.6 Å². The van der Waals surface area contributed by atoms with Crippen molar-refractivity contribution in [1.29, 1.82) is 0 Å². The number of hydrogen-bond acceptors (Lipinski definition) is 2. The van der Waals surface area contributed by atoms with Crippen molar-refractivity contribution < 1.29 is 9.18 Å². The second-order valence-corrected chi connectivity index (χ2v) is 6.18. The molecule has 0 bridgehead atoms. The van der Waals surface area contributed by atoms with Gasteiger partial charge in [-0.2, -0.15) is 0 Å². The van der Waals surface area contributed by atoms with E-state index in [-0.39, 0.29) is 11.7 Å². The molecule has 130 valence electrons. The summed E-state index contributed by atoms with van der Waals surface area (Å²) < 4.78 is 17.1. The summed E-state index contributed by atoms with van der Waals surface area (Å²) >= 11 is 0. The van der Waals surface area contributed by atoms with Crippen molar-refractivity contribution in [1.82, 2.24) is 14.1 Å². The molecule has 0 atom stereocenters. The standard InChI is InChI=1S/C20H17FN4O/c1-24-18-11-16(21)6-5-15(18)10-19(24)20(26)23-17-4-2-3-14(9-17)12-25-8-7-22-13-25/h2-11,13H,12H2,1H3,(H,23,26). The number of aromatic nitrogens is 3. The van der Waals surface area contributed by atoms with Crippen molar-refractivity contribution in [2.75, 3.05) is 5.32 Å². The van der Waals surface area contributed by atoms with E-state index >= 15 is 0 Å². The lowest BCUT2D eigenvalue weighted by Crippen LogP contribution is -2.15. The lowest BCUT2D eigenvalue weighted by Gasteiger charge is -2.09. The maximum Gasteiger partial charge on any atom is 0.272 e. The minimum absolute atomic E-state index is 0.233. The Kier molecular flexibility index (Phi) is 4.01. The van der Waals surface area contributed by atoms with E-state index < -0.39 is 0 Å². The molecule has 26 heavy (non-hydrogen) atoms. The Labute approximate surface area is 149 Å². The fourth-order valence-corrected chi connectivity index (χ4v) is 3.05. The van der Waals surface area contributed by atoms with E-state index in [0.717, 1.165) is 10.9 Å². The first-order valence-electron chi connectivity index (χ1n) is 8.21. The lowest BCUT2D eigenvalue weighted by atomic mass is 10.2. The van der Waals surface area contributed by atoms with Crippen LogP contribution in [0.1, 0.15) is 16.1 Å². The van der Waals surface area contributed by atoms with E-state index in [0.29, 0.717) is 23.4 Å². The Balaban J connectivity index is 1.57. The second-order valence-electron chi connectivity index (χ2n) is 6.18. The third-order valence-corrected chi connectivity index (χ3v) is 4.35. The molecule has 5 nitrogen and oxygen atoms in total. The molecule has 0 unspecified atom stereocenters. The van der Waals surface area contributed by atoms with Gasteiger partial charge >= 0.3 is 0 Å². The quantitative estimate of drug-likeness (QED) is 0.610. The highest BCUT2D eigenvalue weighted by molar-refractivity contribution is 6.06. The van der Waals surface area contributed by atoms with Crippen LogP contribution in [0.25, 0.3) is 10.9 Å². The predicted molar refractivity (Wildman–Crippen MR) is 98.6 cm³/mol. The van der Waals surface area contributed by atoms with Gasteiger partial charge in [0.2, 0.25) is 0 Å². The number of aryl methyl sites for hydroxylation is 1. The molecule has 0 spiro atoms. The number of anilines is 1. The number of nitrogens with one attached hydrogen (secondary N) is 1. The van der Waals surface area contributed by atoms with Gasteiger partial charge in [-0.25, -0.2) is 9.37 Å². The van der Waals surface area contributed by atoms with Crippen molar-refractivity contribution in [2.24, 2.45) is 7.05 Å². The van der Waals surface area contributed by atoms with Crippen LogP contribution in [0.3, 0.4) is 0 Å². The predicted octanol–water partition coefficient (Wildman–Crippen LogP) is 3.81. The van der Waals surface area contributed by atoms with Gasteiger partial charge in [0.15, 0.2) is 0 Å². The molecular weight excluding hydrogens is 331 g/mol. The molecule has 1 N–H and O–H groups in total. The van der Waals surface area contributed by atoms with Crippen molar-refractivity contribution in [2.45, 2.75) is 6.54 Å². The largest absolute Gasteiger partial charge is 0.340 e. The van der Waals surface area contributed by atoms with Crippen LogP contribution < -0.4 is 5.32 Å². The van der Waals surface area contributed by atoms with Gasteiger partial charge in [-0.3, -0.25) is 4.79 Å². The van der Waals surface area contributed by atoms with E-state index in [1.165, 1.54) is 12.1 Å². The third-order valence-electron chi connectivity index (χ3n) is 4.35. The zero-order valence-corrected chi connectivity index (χ0v) is 14.2. The zero-order valence-electron chi connectivity index (χ0n) is 14.2. The average Bonchev–Trinajstić information content (AvgIpc) is 3.24. The molecule has 2 heterocycles. The number of carbonyl (C=O) groups excluding carboxylic acids is 1. The number of carbonyl (C=O) groups is 1. The Hall–Kier alpha value is -3.41. The Morgan fingerprint density at radius 3 is 2.88 bits per heavy atom. The first-order valence-corrected chi connectivity index (χ1v) is 8.21. The van der Waals surface area contributed by atoms with Gasteiger partial charge in [-0.1, -0.05) is 12.1 Å². The minimum Gasteiger partial charge on any atom is -0.340 e. The molecular formula is C20H17FN4O. The van der Waals surface area contributed by atoms with Crippen LogP contribution in [0.15, 0.2) is 67.3 Å². The normalized spacial score (nSPS) is 11.0. The van der Waals surface area contributed by atoms with Crippen LogP contribution >= 0.6 is 0 Å². The van der Waals surface area contributed by atoms with Gasteiger partial charge < -0.3 is 14.5 Å². The fraction of sp³-hybridized carbons (Fsp3) is 0.100. The molecule has 2 aromatic carbocycles. The molecule has 0 fully saturated rings. The van der Waals surface area contributed by atoms with Crippen molar-refractivity contribution in [3.63, 3.8) is 0 Å². The first kappa shape index (κ1) is 16.1. The van der Waals surface area contributed by atoms with E-state index in [1.54, 1.807) is 36.3 Å². The number of imidazole rings is 1. The van der Waals surface area contributed by atoms with Crippen LogP contribution in [0.2, 0.25) is 0 Å². The molecule has 6 heteroatoms. The topological polar surface area (TPSA) is 51.9 Å². The maximum absolute atomic E-state index is 13.5. The van der Waals surface area contributed by atoms with Gasteiger partial charge in [-0.15, -0.1) is 0 Å². The molecule has 0 aliphatic rings. The second kappa shape index (κ2) is 6.48. The molecule has 2 aromatic heterocycles. The molecule has 4 rings (SSSR count). The smallest absolute Gasteiger partial charge is 0.272 e. The number of amides is 1. The Bertz CT molecular complexity index is 1080. The highest BCUT2D eigenvalue weighted by Gasteiger charge is 2.14. The molecule has 4 aromatic rings. The molecule has 1 amide bonds. The molecule has 0 saturated heterocycles. The highest BCUT2D eigenvalue weighted by atomic mass is 19.1. The zero-order chi connectivity index (χ0) is 18.1. The monoisotopic (exact) mass is 348 g/mol. The summed E-state index contributed by atoms with van der Waals surface area (Å²) in [6, 6.07) is 13.9. The lowest BCUT2D eigenvalue weighted by molar-refractivity contribution is 0.101. The van der Waals surface area contributed by atoms with E-state index in [1.807, 2.05) is 35.0 Å². The first-order chi connectivity index (χ1) is 12.6. The summed E-state index contributed by atoms with van der Waals surface area (Å²) in [4.78, 5) is 16.7. The van der Waals surface area contributed by atoms with Crippen molar-refractivity contribution >= 4 is 22.5 Å². The van der Waals surface area contributed by atoms with Gasteiger partial charge in [0, 0.05) is 37.1 Å². The van der Waals surface area contributed by atoms with Gasteiger partial charge in [-0.05, 0) is 42.0 Å². The number of benzene rings is 2. The number of nitrogens with zero attached hydrogens (tertiary/aromatic N) is 3. The third kappa shape index (κ3) is 3.09. The van der Waals surface area contributed by atoms with E-state index in [2.05, 4.69) is 10.3 Å². The van der Waals surface area contributed by atoms with Crippen LogP contribution in [0.4, 0.5) is 10.1 Å². The summed E-state index contributed by atoms with van der Waals surface area (Å²) in [5, 5.41) is 3.74. The summed E-state index contributed by atoms with van der Waals surface area (Å²) in [7, 11) is 1.76. The van der Waals surface area contributed by atoms with Gasteiger partial charge in [0.05, 0.1) is 11.8 Å². The number of fused-ring (bicyclic) bond motifs is 1. The number of halogens is 1. The van der Waals surface area contributed by atoms with Crippen LogP contribution in [0.5, 0.6) is 0 Å². The van der Waals surface area contributed by atoms with Gasteiger partial charge in [0.1, 0.15) is 11.5 Å². The van der Waals surface area contributed by atoms with Crippen molar-refractivity contribution in [3.8, 4) is 0 Å². The molecule has 0 aliphatic heterocycles. The molecule has 0 aliphatic carbocycles. The average molecular weight is 348 g/mol. The van der Waals surface area contributed by atoms with Crippen LogP contribution in [0, 0.1) is 5.82 Å².